The first-order chi connectivity index (χ1) is 9.48. The molecule has 1 aromatic carbocycles. The van der Waals surface area contributed by atoms with Crippen molar-refractivity contribution in [1.82, 2.24) is 5.32 Å². The topological polar surface area (TPSA) is 58.6 Å². The van der Waals surface area contributed by atoms with Gasteiger partial charge in [0.15, 0.2) is 0 Å². The average molecular weight is 285 g/mol. The number of hydrogen-bond acceptors (Lipinski definition) is 3. The Morgan fingerprint density at radius 3 is 2.70 bits per heavy atom. The summed E-state index contributed by atoms with van der Waals surface area (Å²) in [6.07, 6.45) is 0.731. The Bertz CT molecular complexity index is 487. The first kappa shape index (κ1) is 14.9. The Labute approximate surface area is 115 Å². The molecule has 1 saturated heterocycles. The Hall–Kier alpha value is -1.53. The van der Waals surface area contributed by atoms with Crippen LogP contribution in [0.1, 0.15) is 18.4 Å². The molecule has 2 N–H and O–H groups in total. The molecular formula is C14H17F2NO3. The minimum absolute atomic E-state index is 0.109. The van der Waals surface area contributed by atoms with Gasteiger partial charge in [0.05, 0.1) is 12.0 Å². The lowest BCUT2D eigenvalue weighted by molar-refractivity contribution is -0.123. The normalized spacial score (nSPS) is 17.8. The van der Waals surface area contributed by atoms with Crippen LogP contribution in [0.5, 0.6) is 0 Å². The van der Waals surface area contributed by atoms with Crippen LogP contribution in [0.2, 0.25) is 0 Å². The minimum atomic E-state index is -0.963. The van der Waals surface area contributed by atoms with Crippen molar-refractivity contribution in [2.75, 3.05) is 19.8 Å². The largest absolute Gasteiger partial charge is 0.388 e. The second-order valence-electron chi connectivity index (χ2n) is 5.03. The summed E-state index contributed by atoms with van der Waals surface area (Å²) in [4.78, 5) is 11.7. The molecule has 0 radical (unpaired) electrons. The summed E-state index contributed by atoms with van der Waals surface area (Å²) in [6.45, 7) is 1.02. The molecule has 1 aromatic rings. The maximum absolute atomic E-state index is 13.4. The second-order valence-corrected chi connectivity index (χ2v) is 5.03. The van der Waals surface area contributed by atoms with Gasteiger partial charge in [0, 0.05) is 38.7 Å². The highest BCUT2D eigenvalue weighted by Crippen LogP contribution is 2.19. The van der Waals surface area contributed by atoms with Gasteiger partial charge >= 0.3 is 0 Å². The lowest BCUT2D eigenvalue weighted by Gasteiger charge is -2.32. The van der Waals surface area contributed by atoms with Crippen LogP contribution in [-0.4, -0.2) is 36.4 Å². The summed E-state index contributed by atoms with van der Waals surface area (Å²) in [5.41, 5.74) is -0.835. The van der Waals surface area contributed by atoms with E-state index in [0.29, 0.717) is 26.1 Å². The summed E-state index contributed by atoms with van der Waals surface area (Å²) in [6, 6.07) is 3.10. The molecule has 1 aliphatic heterocycles. The van der Waals surface area contributed by atoms with Crippen molar-refractivity contribution in [3.05, 3.63) is 35.4 Å². The highest BCUT2D eigenvalue weighted by Gasteiger charge is 2.30. The highest BCUT2D eigenvalue weighted by molar-refractivity contribution is 5.78. The van der Waals surface area contributed by atoms with Crippen LogP contribution in [0, 0.1) is 11.6 Å². The van der Waals surface area contributed by atoms with Gasteiger partial charge in [-0.3, -0.25) is 4.79 Å². The third-order valence-electron chi connectivity index (χ3n) is 3.40. The maximum atomic E-state index is 13.4. The molecule has 1 amide bonds. The zero-order valence-corrected chi connectivity index (χ0v) is 11.0. The van der Waals surface area contributed by atoms with Crippen molar-refractivity contribution in [3.63, 3.8) is 0 Å². The number of carbonyl (C=O) groups is 1. The smallest absolute Gasteiger partial charge is 0.224 e. The van der Waals surface area contributed by atoms with Crippen molar-refractivity contribution < 1.29 is 23.4 Å². The predicted molar refractivity (Wildman–Crippen MR) is 68.1 cm³/mol. The Balaban J connectivity index is 1.86. The van der Waals surface area contributed by atoms with Crippen molar-refractivity contribution in [3.8, 4) is 0 Å². The second kappa shape index (κ2) is 6.28. The summed E-state index contributed by atoms with van der Waals surface area (Å²) < 4.78 is 31.3. The first-order valence-corrected chi connectivity index (χ1v) is 6.49. The monoisotopic (exact) mass is 285 g/mol. The molecule has 2 rings (SSSR count). The van der Waals surface area contributed by atoms with Gasteiger partial charge < -0.3 is 15.2 Å². The quantitative estimate of drug-likeness (QED) is 0.873. The van der Waals surface area contributed by atoms with E-state index < -0.39 is 23.1 Å². The SMILES string of the molecule is O=C(Cc1ccc(F)cc1F)NCC1(O)CCOCC1. The van der Waals surface area contributed by atoms with Gasteiger partial charge in [-0.25, -0.2) is 8.78 Å². The fourth-order valence-corrected chi connectivity index (χ4v) is 2.09. The molecule has 0 aliphatic carbocycles. The van der Waals surface area contributed by atoms with E-state index in [9.17, 15) is 18.7 Å². The number of halogens is 2. The van der Waals surface area contributed by atoms with Crippen LogP contribution in [0.4, 0.5) is 8.78 Å². The van der Waals surface area contributed by atoms with Crippen LogP contribution in [-0.2, 0) is 16.0 Å². The number of benzene rings is 1. The van der Waals surface area contributed by atoms with Crippen LogP contribution in [0.25, 0.3) is 0 Å². The fraction of sp³-hybridized carbons (Fsp3) is 0.500. The summed E-state index contributed by atoms with van der Waals surface area (Å²) >= 11 is 0. The van der Waals surface area contributed by atoms with E-state index in [1.165, 1.54) is 6.07 Å². The van der Waals surface area contributed by atoms with Gasteiger partial charge in [0.1, 0.15) is 11.6 Å². The Kier molecular flexibility index (Phi) is 4.67. The average Bonchev–Trinajstić information content (AvgIpc) is 2.41. The number of carbonyl (C=O) groups excluding carboxylic acids is 1. The van der Waals surface area contributed by atoms with Crippen LogP contribution < -0.4 is 5.32 Å². The van der Waals surface area contributed by atoms with Gasteiger partial charge in [-0.15, -0.1) is 0 Å². The summed E-state index contributed by atoms with van der Waals surface area (Å²) in [7, 11) is 0. The van der Waals surface area contributed by atoms with E-state index in [2.05, 4.69) is 5.32 Å². The molecule has 110 valence electrons. The third-order valence-corrected chi connectivity index (χ3v) is 3.40. The molecule has 0 bridgehead atoms. The Morgan fingerprint density at radius 2 is 2.05 bits per heavy atom. The zero-order valence-electron chi connectivity index (χ0n) is 11.0. The molecule has 1 fully saturated rings. The number of hydrogen-bond donors (Lipinski definition) is 2. The molecule has 4 nitrogen and oxygen atoms in total. The van der Waals surface area contributed by atoms with Gasteiger partial charge in [-0.1, -0.05) is 6.07 Å². The molecule has 20 heavy (non-hydrogen) atoms. The molecule has 0 spiro atoms. The number of ether oxygens (including phenoxy) is 1. The lowest BCUT2D eigenvalue weighted by Crippen LogP contribution is -2.47. The zero-order chi connectivity index (χ0) is 14.6. The number of nitrogens with one attached hydrogen (secondary N) is 1. The van der Waals surface area contributed by atoms with E-state index >= 15 is 0 Å². The number of amides is 1. The first-order valence-electron chi connectivity index (χ1n) is 6.49. The predicted octanol–water partition coefficient (Wildman–Crippen LogP) is 1.17. The van der Waals surface area contributed by atoms with Crippen molar-refractivity contribution >= 4 is 5.91 Å². The van der Waals surface area contributed by atoms with E-state index in [0.717, 1.165) is 12.1 Å². The third kappa shape index (κ3) is 3.98. The number of aliphatic hydroxyl groups is 1. The van der Waals surface area contributed by atoms with Crippen LogP contribution in [0.15, 0.2) is 18.2 Å². The van der Waals surface area contributed by atoms with Gasteiger partial charge in [-0.05, 0) is 11.6 Å². The molecule has 6 heteroatoms. The van der Waals surface area contributed by atoms with Crippen LogP contribution in [0.3, 0.4) is 0 Å². The molecular weight excluding hydrogens is 268 g/mol. The molecule has 1 heterocycles. The standard InChI is InChI=1S/C14H17F2NO3/c15-11-2-1-10(12(16)8-11)7-13(18)17-9-14(19)3-5-20-6-4-14/h1-2,8,19H,3-7,9H2,(H,17,18). The van der Waals surface area contributed by atoms with E-state index in [-0.39, 0.29) is 18.5 Å². The summed E-state index contributed by atoms with van der Waals surface area (Å²) in [5, 5.41) is 12.7. The molecule has 1 aliphatic rings. The van der Waals surface area contributed by atoms with Crippen molar-refractivity contribution in [2.24, 2.45) is 0 Å². The van der Waals surface area contributed by atoms with E-state index in [4.69, 9.17) is 4.74 Å². The van der Waals surface area contributed by atoms with Gasteiger partial charge in [0.25, 0.3) is 0 Å². The van der Waals surface area contributed by atoms with Gasteiger partial charge in [-0.2, -0.15) is 0 Å². The lowest BCUT2D eigenvalue weighted by atomic mass is 9.94. The minimum Gasteiger partial charge on any atom is -0.388 e. The Morgan fingerprint density at radius 1 is 1.35 bits per heavy atom. The fourth-order valence-electron chi connectivity index (χ4n) is 2.09. The van der Waals surface area contributed by atoms with E-state index in [1.807, 2.05) is 0 Å². The molecule has 0 aromatic heterocycles. The molecule has 0 atom stereocenters. The molecule has 0 unspecified atom stereocenters. The maximum Gasteiger partial charge on any atom is 0.224 e. The van der Waals surface area contributed by atoms with E-state index in [1.54, 1.807) is 0 Å². The summed E-state index contributed by atoms with van der Waals surface area (Å²) in [5.74, 6) is -1.83. The highest BCUT2D eigenvalue weighted by atomic mass is 19.1. The van der Waals surface area contributed by atoms with Crippen molar-refractivity contribution in [2.45, 2.75) is 24.9 Å². The molecule has 0 saturated carbocycles. The van der Waals surface area contributed by atoms with Crippen molar-refractivity contribution in [1.29, 1.82) is 0 Å². The number of rotatable bonds is 4. The van der Waals surface area contributed by atoms with Crippen LogP contribution >= 0.6 is 0 Å². The van der Waals surface area contributed by atoms with Gasteiger partial charge in [0.2, 0.25) is 5.91 Å².